The minimum absolute atomic E-state index is 0.0288. The first kappa shape index (κ1) is 15.4. The van der Waals surface area contributed by atoms with Gasteiger partial charge in [0.05, 0.1) is 5.37 Å². The van der Waals surface area contributed by atoms with Crippen molar-refractivity contribution in [3.8, 4) is 0 Å². The van der Waals surface area contributed by atoms with E-state index in [1.807, 2.05) is 13.8 Å². The first-order valence-electron chi connectivity index (χ1n) is 6.33. The lowest BCUT2D eigenvalue weighted by atomic mass is 10.1. The summed E-state index contributed by atoms with van der Waals surface area (Å²) in [6, 6.07) is 1.58. The molecule has 2 rings (SSSR count). The molecular formula is C12H15N3O5S. The lowest BCUT2D eigenvalue weighted by molar-refractivity contribution is -0.389. The maximum absolute atomic E-state index is 12.5. The van der Waals surface area contributed by atoms with E-state index in [1.165, 1.54) is 28.8 Å². The lowest BCUT2D eigenvalue weighted by Crippen LogP contribution is -2.47. The first-order chi connectivity index (χ1) is 9.82. The second-order valence-corrected chi connectivity index (χ2v) is 6.20. The average molecular weight is 313 g/mol. The molecule has 8 nitrogen and oxygen atoms in total. The number of thioether (sulfide) groups is 1. The van der Waals surface area contributed by atoms with Gasteiger partial charge in [-0.05, 0) is 16.9 Å². The Bertz CT molecular complexity index is 585. The van der Waals surface area contributed by atoms with Crippen LogP contribution in [0.15, 0.2) is 12.1 Å². The van der Waals surface area contributed by atoms with Crippen LogP contribution in [0.1, 0.15) is 24.3 Å². The summed E-state index contributed by atoms with van der Waals surface area (Å²) in [5, 5.41) is 19.6. The smallest absolute Gasteiger partial charge is 0.327 e. The molecule has 0 spiro atoms. The van der Waals surface area contributed by atoms with Gasteiger partial charge in [-0.25, -0.2) is 9.78 Å². The maximum atomic E-state index is 12.5. The van der Waals surface area contributed by atoms with Gasteiger partial charge in [0, 0.05) is 11.8 Å². The Morgan fingerprint density at radius 1 is 1.52 bits per heavy atom. The summed E-state index contributed by atoms with van der Waals surface area (Å²) < 4.78 is 0. The van der Waals surface area contributed by atoms with E-state index in [0.29, 0.717) is 5.75 Å². The minimum Gasteiger partial charge on any atom is -0.480 e. The van der Waals surface area contributed by atoms with Gasteiger partial charge in [-0.3, -0.25) is 4.79 Å². The van der Waals surface area contributed by atoms with Crippen LogP contribution in [0.25, 0.3) is 0 Å². The Morgan fingerprint density at radius 3 is 2.67 bits per heavy atom. The number of hydrogen-bond acceptors (Lipinski definition) is 5. The molecule has 0 aliphatic carbocycles. The molecule has 0 aromatic carbocycles. The summed E-state index contributed by atoms with van der Waals surface area (Å²) in [5.74, 6) is -1.50. The molecule has 2 heterocycles. The van der Waals surface area contributed by atoms with E-state index in [4.69, 9.17) is 0 Å². The molecule has 1 fully saturated rings. The second kappa shape index (κ2) is 5.76. The van der Waals surface area contributed by atoms with Crippen molar-refractivity contribution in [3.63, 3.8) is 0 Å². The summed E-state index contributed by atoms with van der Waals surface area (Å²) in [4.78, 5) is 37.5. The highest BCUT2D eigenvalue weighted by Gasteiger charge is 2.44. The zero-order valence-electron chi connectivity index (χ0n) is 11.5. The Hall–Kier alpha value is -2.03. The molecule has 1 amide bonds. The summed E-state index contributed by atoms with van der Waals surface area (Å²) >= 11 is 1.41. The summed E-state index contributed by atoms with van der Waals surface area (Å²) in [6.07, 6.45) is 0. The van der Waals surface area contributed by atoms with Crippen LogP contribution in [0.2, 0.25) is 0 Å². The van der Waals surface area contributed by atoms with Crippen molar-refractivity contribution in [2.75, 3.05) is 5.75 Å². The van der Waals surface area contributed by atoms with Crippen LogP contribution in [0.3, 0.4) is 0 Å². The first-order valence-corrected chi connectivity index (χ1v) is 7.38. The van der Waals surface area contributed by atoms with E-state index in [0.717, 1.165) is 0 Å². The molecular weight excluding hydrogens is 298 g/mol. The molecule has 2 N–H and O–H groups in total. The van der Waals surface area contributed by atoms with Crippen molar-refractivity contribution < 1.29 is 19.6 Å². The van der Waals surface area contributed by atoms with Crippen LogP contribution in [0.5, 0.6) is 0 Å². The number of aromatic amines is 1. The molecule has 2 unspecified atom stereocenters. The normalized spacial score (nSPS) is 21.8. The molecule has 1 aliphatic rings. The van der Waals surface area contributed by atoms with E-state index in [1.54, 1.807) is 0 Å². The fraction of sp³-hybridized carbons (Fsp3) is 0.500. The monoisotopic (exact) mass is 313 g/mol. The standard InChI is InChI=1S/C12H15N3O5S/c1-6(2)11-14(8(5-21-11)12(17)18)10(16)7-3-4-9(13-7)15(19)20/h3-4,6,8,11,13H,5H2,1-2H3,(H,17,18). The molecule has 1 saturated heterocycles. The predicted octanol–water partition coefficient (Wildman–Crippen LogP) is 1.55. The number of H-pyrrole nitrogens is 1. The van der Waals surface area contributed by atoms with E-state index in [2.05, 4.69) is 4.98 Å². The molecule has 21 heavy (non-hydrogen) atoms. The number of nitrogens with zero attached hydrogens (tertiary/aromatic N) is 2. The van der Waals surface area contributed by atoms with Crippen molar-refractivity contribution in [3.05, 3.63) is 27.9 Å². The Morgan fingerprint density at radius 2 is 2.19 bits per heavy atom. The van der Waals surface area contributed by atoms with Gasteiger partial charge in [0.25, 0.3) is 5.91 Å². The molecule has 114 valence electrons. The van der Waals surface area contributed by atoms with Crippen LogP contribution >= 0.6 is 11.8 Å². The molecule has 2 atom stereocenters. The third-order valence-electron chi connectivity index (χ3n) is 3.22. The third-order valence-corrected chi connectivity index (χ3v) is 4.84. The van der Waals surface area contributed by atoms with E-state index in [9.17, 15) is 24.8 Å². The molecule has 1 aliphatic heterocycles. The number of hydrogen-bond donors (Lipinski definition) is 2. The Balaban J connectivity index is 2.31. The van der Waals surface area contributed by atoms with Gasteiger partial charge in [0.2, 0.25) is 0 Å². The quantitative estimate of drug-likeness (QED) is 0.643. The van der Waals surface area contributed by atoms with Crippen molar-refractivity contribution in [1.82, 2.24) is 9.88 Å². The molecule has 0 saturated carbocycles. The third kappa shape index (κ3) is 2.87. The molecule has 9 heteroatoms. The summed E-state index contributed by atoms with van der Waals surface area (Å²) in [6.45, 7) is 3.80. The van der Waals surface area contributed by atoms with Crippen LogP contribution in [-0.4, -0.2) is 49.0 Å². The van der Waals surface area contributed by atoms with Gasteiger partial charge in [-0.2, -0.15) is 0 Å². The van der Waals surface area contributed by atoms with E-state index in [-0.39, 0.29) is 22.8 Å². The Kier molecular flexibility index (Phi) is 4.21. The fourth-order valence-corrected chi connectivity index (χ4v) is 3.71. The zero-order valence-corrected chi connectivity index (χ0v) is 12.3. The molecule has 1 aromatic rings. The highest BCUT2D eigenvalue weighted by molar-refractivity contribution is 8.00. The number of nitrogens with one attached hydrogen (secondary N) is 1. The second-order valence-electron chi connectivity index (χ2n) is 5.05. The van der Waals surface area contributed by atoms with Crippen molar-refractivity contribution in [1.29, 1.82) is 0 Å². The number of carbonyl (C=O) groups is 2. The van der Waals surface area contributed by atoms with Crippen molar-refractivity contribution in [2.45, 2.75) is 25.3 Å². The van der Waals surface area contributed by atoms with Crippen LogP contribution in [-0.2, 0) is 4.79 Å². The highest BCUT2D eigenvalue weighted by Crippen LogP contribution is 2.35. The molecule has 0 radical (unpaired) electrons. The summed E-state index contributed by atoms with van der Waals surface area (Å²) in [7, 11) is 0. The number of aromatic nitrogens is 1. The number of rotatable bonds is 4. The number of carbonyl (C=O) groups excluding carboxylic acids is 1. The van der Waals surface area contributed by atoms with E-state index >= 15 is 0 Å². The summed E-state index contributed by atoms with van der Waals surface area (Å²) in [5.41, 5.74) is 0.0288. The SMILES string of the molecule is CC(C)C1SCC(C(=O)O)N1C(=O)c1ccc([N+](=O)[O-])[nH]1. The minimum atomic E-state index is -1.07. The highest BCUT2D eigenvalue weighted by atomic mass is 32.2. The van der Waals surface area contributed by atoms with Gasteiger partial charge in [0.1, 0.15) is 6.04 Å². The molecule has 0 bridgehead atoms. The van der Waals surface area contributed by atoms with Gasteiger partial charge in [0.15, 0.2) is 5.69 Å². The van der Waals surface area contributed by atoms with Gasteiger partial charge in [-0.15, -0.1) is 11.8 Å². The van der Waals surface area contributed by atoms with Gasteiger partial charge < -0.3 is 20.1 Å². The predicted molar refractivity (Wildman–Crippen MR) is 76.1 cm³/mol. The van der Waals surface area contributed by atoms with Crippen molar-refractivity contribution >= 4 is 29.5 Å². The zero-order chi connectivity index (χ0) is 15.7. The van der Waals surface area contributed by atoms with Crippen LogP contribution in [0.4, 0.5) is 5.82 Å². The van der Waals surface area contributed by atoms with Gasteiger partial charge >= 0.3 is 11.8 Å². The molecule has 1 aromatic heterocycles. The maximum Gasteiger partial charge on any atom is 0.327 e. The average Bonchev–Trinajstić information content (AvgIpc) is 3.04. The van der Waals surface area contributed by atoms with Crippen LogP contribution in [0, 0.1) is 16.0 Å². The van der Waals surface area contributed by atoms with Gasteiger partial charge in [-0.1, -0.05) is 13.8 Å². The van der Waals surface area contributed by atoms with E-state index < -0.39 is 22.8 Å². The number of amides is 1. The van der Waals surface area contributed by atoms with Crippen molar-refractivity contribution in [2.24, 2.45) is 5.92 Å². The Labute approximate surface area is 124 Å². The number of carboxylic acids is 1. The number of carboxylic acid groups (broad SMARTS) is 1. The number of aliphatic carboxylic acids is 1. The largest absolute Gasteiger partial charge is 0.480 e. The number of nitro groups is 1. The lowest BCUT2D eigenvalue weighted by Gasteiger charge is -2.28. The fourth-order valence-electron chi connectivity index (χ4n) is 2.24. The van der Waals surface area contributed by atoms with Crippen LogP contribution < -0.4 is 0 Å². The topological polar surface area (TPSA) is 117 Å².